The van der Waals surface area contributed by atoms with Crippen molar-refractivity contribution < 1.29 is 0 Å². The van der Waals surface area contributed by atoms with Crippen LogP contribution in [0.15, 0.2) is 24.5 Å². The van der Waals surface area contributed by atoms with Gasteiger partial charge in [0.15, 0.2) is 0 Å². The number of nitrogens with one attached hydrogen (secondary N) is 1. The van der Waals surface area contributed by atoms with E-state index in [0.717, 1.165) is 16.6 Å². The third kappa shape index (κ3) is 1.68. The molecule has 0 aliphatic rings. The highest BCUT2D eigenvalue weighted by Crippen LogP contribution is 2.10. The van der Waals surface area contributed by atoms with Gasteiger partial charge < -0.3 is 4.98 Å². The molecule has 2 rings (SSSR count). The smallest absolute Gasteiger partial charge is 0.0931 e. The van der Waals surface area contributed by atoms with E-state index >= 15 is 0 Å². The van der Waals surface area contributed by atoms with E-state index in [-0.39, 0.29) is 0 Å². The molecule has 0 atom stereocenters. The first-order valence-electron chi connectivity index (χ1n) is 3.93. The maximum Gasteiger partial charge on any atom is 0.0931 e. The van der Waals surface area contributed by atoms with Crippen LogP contribution in [0, 0.1) is 11.8 Å². The van der Waals surface area contributed by atoms with Gasteiger partial charge in [0.2, 0.25) is 0 Å². The molecule has 1 aromatic carbocycles. The maximum absolute atomic E-state index is 4.12. The van der Waals surface area contributed by atoms with Gasteiger partial charge in [-0.05, 0) is 18.2 Å². The first-order valence-corrected chi connectivity index (χ1v) is 4.56. The van der Waals surface area contributed by atoms with Crippen LogP contribution in [0.3, 0.4) is 0 Å². The molecule has 0 spiro atoms. The molecule has 1 aromatic heterocycles. The number of thiol groups is 1. The summed E-state index contributed by atoms with van der Waals surface area (Å²) in [6, 6.07) is 5.90. The highest BCUT2D eigenvalue weighted by molar-refractivity contribution is 7.80. The van der Waals surface area contributed by atoms with Crippen molar-refractivity contribution in [2.45, 2.75) is 0 Å². The molecule has 0 bridgehead atoms. The highest BCUT2D eigenvalue weighted by atomic mass is 32.1. The maximum atomic E-state index is 4.12. The number of aromatic amines is 1. The zero-order chi connectivity index (χ0) is 9.10. The van der Waals surface area contributed by atoms with Crippen LogP contribution in [0.25, 0.3) is 11.0 Å². The van der Waals surface area contributed by atoms with E-state index in [1.165, 1.54) is 0 Å². The molecule has 0 amide bonds. The highest BCUT2D eigenvalue weighted by Gasteiger charge is 1.94. The number of imidazole rings is 1. The van der Waals surface area contributed by atoms with E-state index in [4.69, 9.17) is 0 Å². The second-order valence-electron chi connectivity index (χ2n) is 2.59. The van der Waals surface area contributed by atoms with Crippen LogP contribution < -0.4 is 0 Å². The number of aromatic nitrogens is 2. The van der Waals surface area contributed by atoms with Crippen LogP contribution in [0.4, 0.5) is 0 Å². The van der Waals surface area contributed by atoms with Crippen LogP contribution >= 0.6 is 12.6 Å². The van der Waals surface area contributed by atoms with Gasteiger partial charge in [0.25, 0.3) is 0 Å². The molecular formula is C10H8N2S. The Morgan fingerprint density at radius 3 is 3.23 bits per heavy atom. The van der Waals surface area contributed by atoms with E-state index < -0.39 is 0 Å². The molecule has 0 aliphatic heterocycles. The Hall–Kier alpha value is -1.40. The number of benzene rings is 1. The first kappa shape index (κ1) is 8.21. The molecule has 0 saturated carbocycles. The number of nitrogens with zero attached hydrogens (tertiary/aromatic N) is 1. The summed E-state index contributed by atoms with van der Waals surface area (Å²) in [6.45, 7) is 0. The summed E-state index contributed by atoms with van der Waals surface area (Å²) < 4.78 is 0. The van der Waals surface area contributed by atoms with Crippen LogP contribution in [0.2, 0.25) is 0 Å². The molecule has 2 aromatic rings. The van der Waals surface area contributed by atoms with Gasteiger partial charge in [-0.25, -0.2) is 4.98 Å². The fraction of sp³-hybridized carbons (Fsp3) is 0.100. The van der Waals surface area contributed by atoms with Crippen molar-refractivity contribution in [1.29, 1.82) is 0 Å². The van der Waals surface area contributed by atoms with E-state index in [2.05, 4.69) is 34.4 Å². The van der Waals surface area contributed by atoms with Crippen molar-refractivity contribution >= 4 is 23.7 Å². The van der Waals surface area contributed by atoms with Gasteiger partial charge in [0.1, 0.15) is 0 Å². The molecule has 0 radical (unpaired) electrons. The third-order valence-electron chi connectivity index (χ3n) is 1.73. The van der Waals surface area contributed by atoms with E-state index in [1.54, 1.807) is 6.33 Å². The molecule has 2 nitrogen and oxygen atoms in total. The molecule has 0 saturated heterocycles. The number of rotatable bonds is 0. The largest absolute Gasteiger partial charge is 0.345 e. The Morgan fingerprint density at radius 1 is 1.46 bits per heavy atom. The molecule has 1 N–H and O–H groups in total. The normalized spacial score (nSPS) is 9.62. The minimum atomic E-state index is 0.584. The first-order chi connectivity index (χ1) is 6.40. The van der Waals surface area contributed by atoms with Crippen molar-refractivity contribution in [2.75, 3.05) is 5.75 Å². The average molecular weight is 188 g/mol. The molecule has 1 heterocycles. The topological polar surface area (TPSA) is 28.7 Å². The lowest BCUT2D eigenvalue weighted by Crippen LogP contribution is -1.75. The lowest BCUT2D eigenvalue weighted by Gasteiger charge is -1.89. The predicted octanol–water partition coefficient (Wildman–Crippen LogP) is 1.84. The Bertz CT molecular complexity index is 476. The van der Waals surface area contributed by atoms with Gasteiger partial charge in [0, 0.05) is 5.56 Å². The van der Waals surface area contributed by atoms with Crippen LogP contribution in [0.1, 0.15) is 5.56 Å². The van der Waals surface area contributed by atoms with Gasteiger partial charge >= 0.3 is 0 Å². The molecule has 0 aliphatic carbocycles. The van der Waals surface area contributed by atoms with Gasteiger partial charge in [-0.1, -0.05) is 11.8 Å². The fourth-order valence-corrected chi connectivity index (χ4v) is 1.23. The molecule has 64 valence electrons. The summed E-state index contributed by atoms with van der Waals surface area (Å²) in [6.07, 6.45) is 1.68. The summed E-state index contributed by atoms with van der Waals surface area (Å²) in [5, 5.41) is 0. The minimum absolute atomic E-state index is 0.584. The average Bonchev–Trinajstić information content (AvgIpc) is 2.61. The number of hydrogen-bond donors (Lipinski definition) is 2. The van der Waals surface area contributed by atoms with E-state index in [9.17, 15) is 0 Å². The SMILES string of the molecule is SCC#Cc1ccc2nc[nH]c2c1. The number of H-pyrrole nitrogens is 1. The summed E-state index contributed by atoms with van der Waals surface area (Å²) in [5.41, 5.74) is 2.98. The minimum Gasteiger partial charge on any atom is -0.345 e. The van der Waals surface area contributed by atoms with Gasteiger partial charge in [0.05, 0.1) is 23.1 Å². The van der Waals surface area contributed by atoms with Crippen molar-refractivity contribution in [2.24, 2.45) is 0 Å². The van der Waals surface area contributed by atoms with Crippen LogP contribution in [-0.2, 0) is 0 Å². The van der Waals surface area contributed by atoms with Gasteiger partial charge in [-0.2, -0.15) is 12.6 Å². The number of fused-ring (bicyclic) bond motifs is 1. The van der Waals surface area contributed by atoms with E-state index in [1.807, 2.05) is 18.2 Å². The second-order valence-corrected chi connectivity index (χ2v) is 2.91. The van der Waals surface area contributed by atoms with Crippen molar-refractivity contribution in [3.63, 3.8) is 0 Å². The van der Waals surface area contributed by atoms with Gasteiger partial charge in [-0.15, -0.1) is 0 Å². The monoisotopic (exact) mass is 188 g/mol. The Balaban J connectivity index is 2.48. The quantitative estimate of drug-likeness (QED) is 0.479. The summed E-state index contributed by atoms with van der Waals surface area (Å²) >= 11 is 4.02. The molecular weight excluding hydrogens is 180 g/mol. The Labute approximate surface area is 81.8 Å². The van der Waals surface area contributed by atoms with Crippen molar-refractivity contribution in [1.82, 2.24) is 9.97 Å². The van der Waals surface area contributed by atoms with Gasteiger partial charge in [-0.3, -0.25) is 0 Å². The zero-order valence-electron chi connectivity index (χ0n) is 6.91. The lowest BCUT2D eigenvalue weighted by molar-refractivity contribution is 1.34. The summed E-state index contributed by atoms with van der Waals surface area (Å²) in [7, 11) is 0. The van der Waals surface area contributed by atoms with E-state index in [0.29, 0.717) is 5.75 Å². The fourth-order valence-electron chi connectivity index (χ4n) is 1.15. The summed E-state index contributed by atoms with van der Waals surface area (Å²) in [4.78, 5) is 7.16. The van der Waals surface area contributed by atoms with Crippen molar-refractivity contribution in [3.05, 3.63) is 30.1 Å². The van der Waals surface area contributed by atoms with Crippen molar-refractivity contribution in [3.8, 4) is 11.8 Å². The third-order valence-corrected chi connectivity index (χ3v) is 1.89. The lowest BCUT2D eigenvalue weighted by atomic mass is 10.2. The zero-order valence-corrected chi connectivity index (χ0v) is 7.81. The standard InChI is InChI=1S/C10H8N2S/c13-5-1-2-8-3-4-9-10(6-8)12-7-11-9/h3-4,6-7,13H,5H2,(H,11,12). The predicted molar refractivity (Wildman–Crippen MR) is 56.8 cm³/mol. The molecule has 3 heteroatoms. The molecule has 0 unspecified atom stereocenters. The Morgan fingerprint density at radius 2 is 2.38 bits per heavy atom. The molecule has 0 fully saturated rings. The second kappa shape index (κ2) is 3.55. The number of hydrogen-bond acceptors (Lipinski definition) is 2. The molecule has 13 heavy (non-hydrogen) atoms. The summed E-state index contributed by atoms with van der Waals surface area (Å²) in [5.74, 6) is 6.49. The van der Waals surface area contributed by atoms with Crippen LogP contribution in [0.5, 0.6) is 0 Å². The van der Waals surface area contributed by atoms with Crippen LogP contribution in [-0.4, -0.2) is 15.7 Å². The Kier molecular flexibility index (Phi) is 2.24.